The molecule has 4 rings (SSSR count). The highest BCUT2D eigenvalue weighted by molar-refractivity contribution is 5.95. The molecule has 0 spiro atoms. The van der Waals surface area contributed by atoms with Crippen LogP contribution in [0.1, 0.15) is 36.8 Å². The fourth-order valence-corrected chi connectivity index (χ4v) is 3.94. The SMILES string of the molecule is CC(C)n1ccc(C(=O)N2CC[C@@H]3OCC(=O)N(c4ccccc4)C[C@H]3C2)n1. The molecule has 0 aliphatic carbocycles. The van der Waals surface area contributed by atoms with Crippen LogP contribution < -0.4 is 4.90 Å². The highest BCUT2D eigenvalue weighted by Crippen LogP contribution is 2.27. The van der Waals surface area contributed by atoms with Gasteiger partial charge < -0.3 is 14.5 Å². The van der Waals surface area contributed by atoms with E-state index in [1.54, 1.807) is 15.6 Å². The molecule has 1 aromatic heterocycles. The van der Waals surface area contributed by atoms with E-state index in [9.17, 15) is 9.59 Å². The Morgan fingerprint density at radius 2 is 1.96 bits per heavy atom. The summed E-state index contributed by atoms with van der Waals surface area (Å²) in [6.07, 6.45) is 2.57. The summed E-state index contributed by atoms with van der Waals surface area (Å²) in [7, 11) is 0. The molecule has 148 valence electrons. The number of hydrogen-bond donors (Lipinski definition) is 0. The number of ether oxygens (including phenoxy) is 1. The zero-order valence-corrected chi connectivity index (χ0v) is 16.3. The Balaban J connectivity index is 1.50. The second kappa shape index (κ2) is 7.75. The minimum atomic E-state index is -0.0558. The Kier molecular flexibility index (Phi) is 5.17. The van der Waals surface area contributed by atoms with E-state index in [0.29, 0.717) is 25.3 Å². The van der Waals surface area contributed by atoms with Crippen molar-refractivity contribution in [3.63, 3.8) is 0 Å². The summed E-state index contributed by atoms with van der Waals surface area (Å²) in [5.41, 5.74) is 1.34. The fraction of sp³-hybridized carbons (Fsp3) is 0.476. The fourth-order valence-electron chi connectivity index (χ4n) is 3.94. The molecule has 0 unspecified atom stereocenters. The average molecular weight is 382 g/mol. The van der Waals surface area contributed by atoms with Crippen molar-refractivity contribution in [2.75, 3.05) is 31.1 Å². The van der Waals surface area contributed by atoms with E-state index in [4.69, 9.17) is 4.74 Å². The first kappa shape index (κ1) is 18.7. The molecular weight excluding hydrogens is 356 g/mol. The number of hydrogen-bond acceptors (Lipinski definition) is 4. The minimum Gasteiger partial charge on any atom is -0.368 e. The Bertz CT molecular complexity index is 848. The average Bonchev–Trinajstić information content (AvgIpc) is 3.15. The van der Waals surface area contributed by atoms with Crippen molar-refractivity contribution in [2.45, 2.75) is 32.4 Å². The quantitative estimate of drug-likeness (QED) is 0.817. The van der Waals surface area contributed by atoms with Gasteiger partial charge in [-0.25, -0.2) is 0 Å². The highest BCUT2D eigenvalue weighted by Gasteiger charge is 2.38. The number of fused-ring (bicyclic) bond motifs is 1. The number of carbonyl (C=O) groups excluding carboxylic acids is 2. The van der Waals surface area contributed by atoms with Crippen molar-refractivity contribution in [3.8, 4) is 0 Å². The molecule has 0 radical (unpaired) electrons. The third-order valence-electron chi connectivity index (χ3n) is 5.51. The standard InChI is InChI=1S/C21H26N4O3/c1-15(2)25-11-8-18(22-25)21(27)23-10-9-19-16(12-23)13-24(20(26)14-28-19)17-6-4-3-5-7-17/h3-8,11,15-16,19H,9-10,12-14H2,1-2H3/t16-,19+/m1/s1. The molecule has 2 fully saturated rings. The Hall–Kier alpha value is -2.67. The van der Waals surface area contributed by atoms with Gasteiger partial charge in [0.15, 0.2) is 0 Å². The van der Waals surface area contributed by atoms with E-state index >= 15 is 0 Å². The molecule has 0 bridgehead atoms. The number of nitrogens with zero attached hydrogens (tertiary/aromatic N) is 4. The maximum absolute atomic E-state index is 12.9. The van der Waals surface area contributed by atoms with Crippen molar-refractivity contribution in [3.05, 3.63) is 48.3 Å². The van der Waals surface area contributed by atoms with Gasteiger partial charge in [0.2, 0.25) is 0 Å². The smallest absolute Gasteiger partial charge is 0.274 e. The number of anilines is 1. The predicted molar refractivity (Wildman–Crippen MR) is 105 cm³/mol. The summed E-state index contributed by atoms with van der Waals surface area (Å²) in [6.45, 7) is 5.89. The van der Waals surface area contributed by atoms with Crippen molar-refractivity contribution in [1.29, 1.82) is 0 Å². The van der Waals surface area contributed by atoms with Crippen LogP contribution in [0, 0.1) is 5.92 Å². The molecule has 2 saturated heterocycles. The first-order valence-corrected chi connectivity index (χ1v) is 9.84. The van der Waals surface area contributed by atoms with E-state index in [2.05, 4.69) is 5.10 Å². The van der Waals surface area contributed by atoms with Gasteiger partial charge in [0.05, 0.1) is 6.10 Å². The zero-order chi connectivity index (χ0) is 19.7. The van der Waals surface area contributed by atoms with Crippen LogP contribution in [0.3, 0.4) is 0 Å². The Morgan fingerprint density at radius 1 is 1.18 bits per heavy atom. The number of para-hydroxylation sites is 1. The van der Waals surface area contributed by atoms with E-state index in [0.717, 1.165) is 12.1 Å². The summed E-state index contributed by atoms with van der Waals surface area (Å²) < 4.78 is 7.69. The van der Waals surface area contributed by atoms with Gasteiger partial charge in [0.1, 0.15) is 12.3 Å². The van der Waals surface area contributed by atoms with Crippen LogP contribution in [0.2, 0.25) is 0 Å². The molecule has 2 amide bonds. The van der Waals surface area contributed by atoms with Gasteiger partial charge in [0.25, 0.3) is 11.8 Å². The molecule has 0 saturated carbocycles. The molecule has 7 nitrogen and oxygen atoms in total. The van der Waals surface area contributed by atoms with Crippen molar-refractivity contribution < 1.29 is 14.3 Å². The Labute approximate surface area is 164 Å². The number of carbonyl (C=O) groups is 2. The van der Waals surface area contributed by atoms with Crippen LogP contribution in [0.15, 0.2) is 42.6 Å². The lowest BCUT2D eigenvalue weighted by atomic mass is 9.93. The number of amides is 2. The summed E-state index contributed by atoms with van der Waals surface area (Å²) in [5.74, 6) is -0.00891. The third kappa shape index (κ3) is 3.67. The zero-order valence-electron chi connectivity index (χ0n) is 16.3. The van der Waals surface area contributed by atoms with E-state index in [1.165, 1.54) is 0 Å². The summed E-state index contributed by atoms with van der Waals surface area (Å²) in [4.78, 5) is 29.1. The maximum Gasteiger partial charge on any atom is 0.274 e. The number of aromatic nitrogens is 2. The molecular formula is C21H26N4O3. The molecule has 0 N–H and O–H groups in total. The van der Waals surface area contributed by atoms with Gasteiger partial charge >= 0.3 is 0 Å². The molecule has 2 aliphatic heterocycles. The lowest BCUT2D eigenvalue weighted by molar-refractivity contribution is -0.124. The number of benzene rings is 1. The van der Waals surface area contributed by atoms with Gasteiger partial charge in [-0.1, -0.05) is 18.2 Å². The molecule has 2 aromatic rings. The molecule has 7 heteroatoms. The molecule has 1 aromatic carbocycles. The van der Waals surface area contributed by atoms with Crippen molar-refractivity contribution >= 4 is 17.5 Å². The number of rotatable bonds is 3. The van der Waals surface area contributed by atoms with Crippen LogP contribution in [-0.2, 0) is 9.53 Å². The second-order valence-electron chi connectivity index (χ2n) is 7.76. The van der Waals surface area contributed by atoms with Gasteiger partial charge in [-0.2, -0.15) is 5.10 Å². The van der Waals surface area contributed by atoms with Crippen LogP contribution >= 0.6 is 0 Å². The molecule has 28 heavy (non-hydrogen) atoms. The number of piperidine rings is 1. The lowest BCUT2D eigenvalue weighted by Crippen LogP contribution is -2.49. The van der Waals surface area contributed by atoms with Crippen molar-refractivity contribution in [1.82, 2.24) is 14.7 Å². The van der Waals surface area contributed by atoms with E-state index in [-0.39, 0.29) is 36.5 Å². The van der Waals surface area contributed by atoms with E-state index in [1.807, 2.05) is 55.3 Å². The number of likely N-dealkylation sites (tertiary alicyclic amines) is 1. The Morgan fingerprint density at radius 3 is 2.68 bits per heavy atom. The van der Waals surface area contributed by atoms with E-state index < -0.39 is 0 Å². The normalized spacial score (nSPS) is 22.9. The monoisotopic (exact) mass is 382 g/mol. The first-order chi connectivity index (χ1) is 13.5. The molecule has 2 atom stereocenters. The summed E-state index contributed by atoms with van der Waals surface area (Å²) in [6, 6.07) is 11.6. The van der Waals surface area contributed by atoms with Crippen molar-refractivity contribution in [2.24, 2.45) is 5.92 Å². The van der Waals surface area contributed by atoms with Gasteiger partial charge in [0, 0.05) is 43.5 Å². The highest BCUT2D eigenvalue weighted by atomic mass is 16.5. The van der Waals surface area contributed by atoms with Crippen LogP contribution in [-0.4, -0.2) is 58.8 Å². The molecule has 3 heterocycles. The minimum absolute atomic E-state index is 0.00469. The van der Waals surface area contributed by atoms with Gasteiger partial charge in [-0.15, -0.1) is 0 Å². The first-order valence-electron chi connectivity index (χ1n) is 9.84. The summed E-state index contributed by atoms with van der Waals surface area (Å²) in [5, 5.41) is 4.41. The second-order valence-corrected chi connectivity index (χ2v) is 7.76. The third-order valence-corrected chi connectivity index (χ3v) is 5.51. The largest absolute Gasteiger partial charge is 0.368 e. The van der Waals surface area contributed by atoms with Crippen LogP contribution in [0.4, 0.5) is 5.69 Å². The lowest BCUT2D eigenvalue weighted by Gasteiger charge is -2.37. The van der Waals surface area contributed by atoms with Crippen LogP contribution in [0.25, 0.3) is 0 Å². The maximum atomic E-state index is 12.9. The topological polar surface area (TPSA) is 67.7 Å². The predicted octanol–water partition coefficient (Wildman–Crippen LogP) is 2.36. The summed E-state index contributed by atoms with van der Waals surface area (Å²) >= 11 is 0. The van der Waals surface area contributed by atoms with Gasteiger partial charge in [-0.3, -0.25) is 14.3 Å². The van der Waals surface area contributed by atoms with Crippen LogP contribution in [0.5, 0.6) is 0 Å². The van der Waals surface area contributed by atoms with Gasteiger partial charge in [-0.05, 0) is 38.5 Å². The molecule has 2 aliphatic rings.